The molecule has 1 aromatic rings. The van der Waals surface area contributed by atoms with Gasteiger partial charge in [0.1, 0.15) is 0 Å². The molecule has 2 saturated heterocycles. The maximum Gasteiger partial charge on any atom is 0.227 e. The topological polar surface area (TPSA) is 49.4 Å². The Bertz CT molecular complexity index is 554. The van der Waals surface area contributed by atoms with E-state index in [0.717, 1.165) is 17.7 Å². The van der Waals surface area contributed by atoms with Gasteiger partial charge in [-0.3, -0.25) is 9.59 Å². The molecule has 0 aromatic heterocycles. The number of fused-ring (bicyclic) bond motifs is 6. The number of benzene rings is 1. The molecule has 0 unspecified atom stereocenters. The van der Waals surface area contributed by atoms with E-state index in [-0.39, 0.29) is 29.8 Å². The third-order valence-electron chi connectivity index (χ3n) is 4.45. The van der Waals surface area contributed by atoms with Crippen molar-refractivity contribution in [2.45, 2.75) is 31.3 Å². The number of rotatable bonds is 0. The highest BCUT2D eigenvalue weighted by Crippen LogP contribution is 2.48. The Hall–Kier alpha value is -1.84. The van der Waals surface area contributed by atoms with Gasteiger partial charge in [-0.05, 0) is 18.1 Å². The highest BCUT2D eigenvalue weighted by atomic mass is 16.2. The molecule has 0 radical (unpaired) electrons. The van der Waals surface area contributed by atoms with E-state index in [9.17, 15) is 9.59 Å². The van der Waals surface area contributed by atoms with Crippen LogP contribution < -0.4 is 10.2 Å². The van der Waals surface area contributed by atoms with Crippen LogP contribution in [0.25, 0.3) is 0 Å². The van der Waals surface area contributed by atoms with Crippen LogP contribution in [0.2, 0.25) is 0 Å². The normalized spacial score (nSPS) is 32.9. The average molecular weight is 242 g/mol. The summed E-state index contributed by atoms with van der Waals surface area (Å²) in [5, 5.41) is 3.06. The summed E-state index contributed by atoms with van der Waals surface area (Å²) < 4.78 is 0. The molecule has 3 aliphatic rings. The van der Waals surface area contributed by atoms with E-state index in [4.69, 9.17) is 0 Å². The molecule has 92 valence electrons. The van der Waals surface area contributed by atoms with Gasteiger partial charge in [0, 0.05) is 30.5 Å². The number of amides is 2. The van der Waals surface area contributed by atoms with Crippen LogP contribution in [0, 0.1) is 5.92 Å². The Balaban J connectivity index is 1.91. The van der Waals surface area contributed by atoms with Crippen molar-refractivity contribution in [3.63, 3.8) is 0 Å². The zero-order valence-corrected chi connectivity index (χ0v) is 9.93. The van der Waals surface area contributed by atoms with E-state index in [1.165, 1.54) is 0 Å². The summed E-state index contributed by atoms with van der Waals surface area (Å²) in [5.41, 5.74) is 2.09. The molecule has 2 amide bonds. The number of para-hydroxylation sites is 1. The molecule has 18 heavy (non-hydrogen) atoms. The lowest BCUT2D eigenvalue weighted by Gasteiger charge is -2.39. The fourth-order valence-corrected chi connectivity index (χ4v) is 3.73. The van der Waals surface area contributed by atoms with Gasteiger partial charge in [0.25, 0.3) is 0 Å². The van der Waals surface area contributed by atoms with Crippen molar-refractivity contribution in [3.05, 3.63) is 29.8 Å². The molecule has 4 heteroatoms. The van der Waals surface area contributed by atoms with Gasteiger partial charge in [0.2, 0.25) is 11.8 Å². The summed E-state index contributed by atoms with van der Waals surface area (Å²) in [6, 6.07) is 8.25. The van der Waals surface area contributed by atoms with E-state index in [0.29, 0.717) is 12.8 Å². The van der Waals surface area contributed by atoms with Crippen molar-refractivity contribution in [1.82, 2.24) is 5.32 Å². The molecule has 3 aliphatic heterocycles. The molecule has 4 nitrogen and oxygen atoms in total. The number of nitrogens with zero attached hydrogens (tertiary/aromatic N) is 1. The summed E-state index contributed by atoms with van der Waals surface area (Å²) >= 11 is 0. The Kier molecular flexibility index (Phi) is 1.88. The zero-order valence-electron chi connectivity index (χ0n) is 9.93. The lowest BCUT2D eigenvalue weighted by molar-refractivity contribution is -0.120. The summed E-state index contributed by atoms with van der Waals surface area (Å²) in [5.74, 6) is 0.560. The lowest BCUT2D eigenvalue weighted by Crippen LogP contribution is -2.45. The quantitative estimate of drug-likeness (QED) is 0.747. The Morgan fingerprint density at radius 2 is 2.06 bits per heavy atom. The largest absolute Gasteiger partial charge is 0.349 e. The SMILES string of the molecule is O=C1C[C@@H]2[C@H](N1)c1ccccc1N1C(=O)CC[C@@H]21. The first-order valence-corrected chi connectivity index (χ1v) is 6.46. The first-order chi connectivity index (χ1) is 8.75. The molecule has 1 N–H and O–H groups in total. The van der Waals surface area contributed by atoms with Gasteiger partial charge >= 0.3 is 0 Å². The molecule has 3 atom stereocenters. The monoisotopic (exact) mass is 242 g/mol. The molecular weight excluding hydrogens is 228 g/mol. The molecule has 0 spiro atoms. The third-order valence-corrected chi connectivity index (χ3v) is 4.45. The van der Waals surface area contributed by atoms with Crippen LogP contribution in [0.15, 0.2) is 24.3 Å². The third kappa shape index (κ3) is 1.15. The number of carbonyl (C=O) groups excluding carboxylic acids is 2. The van der Waals surface area contributed by atoms with E-state index in [1.807, 2.05) is 29.2 Å². The van der Waals surface area contributed by atoms with Crippen LogP contribution in [0.4, 0.5) is 5.69 Å². The molecule has 2 fully saturated rings. The van der Waals surface area contributed by atoms with Crippen LogP contribution in [0.5, 0.6) is 0 Å². The first-order valence-electron chi connectivity index (χ1n) is 6.46. The van der Waals surface area contributed by atoms with Gasteiger partial charge in [-0.2, -0.15) is 0 Å². The minimum atomic E-state index is 0.0980. The predicted molar refractivity (Wildman–Crippen MR) is 65.9 cm³/mol. The lowest BCUT2D eigenvalue weighted by atomic mass is 9.82. The number of carbonyl (C=O) groups is 2. The van der Waals surface area contributed by atoms with E-state index in [1.54, 1.807) is 0 Å². The Morgan fingerprint density at radius 1 is 1.22 bits per heavy atom. The molecule has 0 saturated carbocycles. The fraction of sp³-hybridized carbons (Fsp3) is 0.429. The number of hydrogen-bond donors (Lipinski definition) is 1. The van der Waals surface area contributed by atoms with Crippen LogP contribution >= 0.6 is 0 Å². The van der Waals surface area contributed by atoms with Gasteiger partial charge in [0.15, 0.2) is 0 Å². The van der Waals surface area contributed by atoms with E-state index < -0.39 is 0 Å². The van der Waals surface area contributed by atoms with Gasteiger partial charge in [-0.1, -0.05) is 18.2 Å². The molecular formula is C14H14N2O2. The highest BCUT2D eigenvalue weighted by molar-refractivity contribution is 5.98. The molecule has 4 rings (SSSR count). The summed E-state index contributed by atoms with van der Waals surface area (Å²) in [7, 11) is 0. The Labute approximate surface area is 105 Å². The minimum absolute atomic E-state index is 0.0980. The molecule has 3 heterocycles. The van der Waals surface area contributed by atoms with Gasteiger partial charge in [0.05, 0.1) is 6.04 Å². The second kappa shape index (κ2) is 3.34. The van der Waals surface area contributed by atoms with Crippen LogP contribution in [-0.4, -0.2) is 17.9 Å². The van der Waals surface area contributed by atoms with Crippen molar-refractivity contribution >= 4 is 17.5 Å². The maximum atomic E-state index is 12.1. The smallest absolute Gasteiger partial charge is 0.227 e. The minimum Gasteiger partial charge on any atom is -0.349 e. The first kappa shape index (κ1) is 10.1. The van der Waals surface area contributed by atoms with Crippen molar-refractivity contribution in [1.29, 1.82) is 0 Å². The number of anilines is 1. The van der Waals surface area contributed by atoms with Crippen molar-refractivity contribution in [2.24, 2.45) is 5.92 Å². The Morgan fingerprint density at radius 3 is 2.94 bits per heavy atom. The van der Waals surface area contributed by atoms with Crippen LogP contribution in [0.1, 0.15) is 30.9 Å². The maximum absolute atomic E-state index is 12.1. The van der Waals surface area contributed by atoms with E-state index in [2.05, 4.69) is 5.32 Å². The van der Waals surface area contributed by atoms with Crippen LogP contribution in [0.3, 0.4) is 0 Å². The predicted octanol–water partition coefficient (Wildman–Crippen LogP) is 1.37. The van der Waals surface area contributed by atoms with Crippen molar-refractivity contribution in [3.8, 4) is 0 Å². The summed E-state index contributed by atoms with van der Waals surface area (Å²) in [6.07, 6.45) is 2.03. The van der Waals surface area contributed by atoms with Gasteiger partial charge in [-0.15, -0.1) is 0 Å². The van der Waals surface area contributed by atoms with Crippen molar-refractivity contribution in [2.75, 3.05) is 4.90 Å². The second-order valence-corrected chi connectivity index (χ2v) is 5.34. The van der Waals surface area contributed by atoms with Gasteiger partial charge < -0.3 is 10.2 Å². The molecule has 0 bridgehead atoms. The number of hydrogen-bond acceptors (Lipinski definition) is 2. The standard InChI is InChI=1S/C14H14N2O2/c17-12-7-9-11-5-6-13(18)16(11)10-4-2-1-3-8(10)14(9)15-12/h1-4,9,11,14H,5-7H2,(H,15,17)/t9-,11-,14+/m0/s1. The summed E-state index contributed by atoms with van der Waals surface area (Å²) in [4.78, 5) is 25.7. The van der Waals surface area contributed by atoms with Gasteiger partial charge in [-0.25, -0.2) is 0 Å². The summed E-state index contributed by atoms with van der Waals surface area (Å²) in [6.45, 7) is 0. The molecule has 1 aromatic carbocycles. The zero-order chi connectivity index (χ0) is 12.3. The van der Waals surface area contributed by atoms with Crippen LogP contribution in [-0.2, 0) is 9.59 Å². The molecule has 0 aliphatic carbocycles. The van der Waals surface area contributed by atoms with E-state index >= 15 is 0 Å². The average Bonchev–Trinajstić information content (AvgIpc) is 2.93. The highest BCUT2D eigenvalue weighted by Gasteiger charge is 2.50. The van der Waals surface area contributed by atoms with Crippen molar-refractivity contribution < 1.29 is 9.59 Å². The fourth-order valence-electron chi connectivity index (χ4n) is 3.73. The number of nitrogens with one attached hydrogen (secondary N) is 1. The second-order valence-electron chi connectivity index (χ2n) is 5.34.